The molecule has 0 radical (unpaired) electrons. The number of fused-ring (bicyclic) bond motifs is 1. The highest BCUT2D eigenvalue weighted by molar-refractivity contribution is 5.98. The van der Waals surface area contributed by atoms with Crippen molar-refractivity contribution < 1.29 is 42.7 Å². The lowest BCUT2D eigenvalue weighted by atomic mass is 9.79. The number of ether oxygens (including phenoxy) is 1. The number of nitrogens with zero attached hydrogens (tertiary/aromatic N) is 3. The maximum absolute atomic E-state index is 13.6. The number of guanidine groups is 2. The van der Waals surface area contributed by atoms with Gasteiger partial charge >= 0.3 is 12.1 Å². The first-order valence-corrected chi connectivity index (χ1v) is 14.2. The number of hydrogen-bond acceptors (Lipinski definition) is 11. The Morgan fingerprint density at radius 2 is 1.98 bits per heavy atom. The van der Waals surface area contributed by atoms with E-state index in [1.165, 1.54) is 4.90 Å². The first-order chi connectivity index (χ1) is 21.1. The Balaban J connectivity index is 1.24. The van der Waals surface area contributed by atoms with Crippen LogP contribution in [0.2, 0.25) is 0 Å². The van der Waals surface area contributed by atoms with Gasteiger partial charge < -0.3 is 31.3 Å². The highest BCUT2D eigenvalue weighted by Gasteiger charge is 2.76. The van der Waals surface area contributed by atoms with Crippen molar-refractivity contribution in [2.24, 2.45) is 16.5 Å². The third-order valence-corrected chi connectivity index (χ3v) is 8.94. The van der Waals surface area contributed by atoms with Crippen LogP contribution >= 0.6 is 0 Å². The van der Waals surface area contributed by atoms with Crippen molar-refractivity contribution in [1.29, 1.82) is 0 Å². The first kappa shape index (κ1) is 30.4. The predicted octanol–water partition coefficient (Wildman–Crippen LogP) is -2.55. The van der Waals surface area contributed by atoms with Gasteiger partial charge in [0.15, 0.2) is 12.0 Å². The van der Waals surface area contributed by atoms with Crippen LogP contribution < -0.4 is 37.1 Å². The molecule has 17 heteroatoms. The Morgan fingerprint density at radius 3 is 2.71 bits per heavy atom. The van der Waals surface area contributed by atoms with Crippen LogP contribution in [0.4, 0.5) is 13.2 Å². The first-order valence-electron chi connectivity index (χ1n) is 14.2. The fourth-order valence-electron chi connectivity index (χ4n) is 6.54. The van der Waals surface area contributed by atoms with E-state index in [0.717, 1.165) is 24.2 Å². The van der Waals surface area contributed by atoms with Crippen molar-refractivity contribution in [3.05, 3.63) is 58.9 Å². The number of carbonyl (C=O) groups excluding carboxylic acids is 2. The molecule has 4 aliphatic rings. The van der Waals surface area contributed by atoms with Crippen LogP contribution in [-0.2, 0) is 11.6 Å². The average molecular weight is 633 g/mol. The van der Waals surface area contributed by atoms with Crippen molar-refractivity contribution in [2.75, 3.05) is 19.7 Å². The van der Waals surface area contributed by atoms with Crippen molar-refractivity contribution >= 4 is 23.7 Å². The molecule has 1 spiro atoms. The predicted molar refractivity (Wildman–Crippen MR) is 152 cm³/mol. The molecule has 10 N–H and O–H groups in total. The zero-order valence-corrected chi connectivity index (χ0v) is 24.3. The lowest BCUT2D eigenvalue weighted by molar-refractivity contribution is -0.521. The summed E-state index contributed by atoms with van der Waals surface area (Å²) in [6.45, 7) is 4.02. The van der Waals surface area contributed by atoms with E-state index in [0.29, 0.717) is 18.4 Å². The molecule has 0 saturated carbocycles. The summed E-state index contributed by atoms with van der Waals surface area (Å²) in [6.07, 6.45) is -3.04. The minimum absolute atomic E-state index is 0.0574. The van der Waals surface area contributed by atoms with E-state index in [-0.39, 0.29) is 36.0 Å². The minimum Gasteiger partial charge on any atom is -0.492 e. The van der Waals surface area contributed by atoms with E-state index in [9.17, 15) is 33.0 Å². The summed E-state index contributed by atoms with van der Waals surface area (Å²) in [5, 5.41) is 31.5. The zero-order chi connectivity index (χ0) is 32.5. The summed E-state index contributed by atoms with van der Waals surface area (Å²) in [4.78, 5) is 38.7. The van der Waals surface area contributed by atoms with Gasteiger partial charge in [-0.15, -0.1) is 0 Å². The summed E-state index contributed by atoms with van der Waals surface area (Å²) >= 11 is 0. The summed E-state index contributed by atoms with van der Waals surface area (Å²) in [5.74, 6) is -4.03. The summed E-state index contributed by atoms with van der Waals surface area (Å²) in [5.41, 5.74) is 9.82. The number of nitrogens with one attached hydrogen (secondary N) is 4. The molecule has 2 unspecified atom stereocenters. The Kier molecular flexibility index (Phi) is 6.89. The van der Waals surface area contributed by atoms with Crippen LogP contribution in [0.1, 0.15) is 52.2 Å². The zero-order valence-electron chi connectivity index (χ0n) is 24.3. The molecule has 0 bridgehead atoms. The number of pyridine rings is 1. The average Bonchev–Trinajstić information content (AvgIpc) is 3.44. The molecule has 4 atom stereocenters. The van der Waals surface area contributed by atoms with Crippen molar-refractivity contribution in [2.45, 2.75) is 61.4 Å². The normalized spacial score (nSPS) is 27.5. The second-order valence-electron chi connectivity index (χ2n) is 12.1. The molecule has 240 valence electrons. The molecule has 1 fully saturated rings. The molecule has 4 aliphatic heterocycles. The van der Waals surface area contributed by atoms with Gasteiger partial charge in [0, 0.05) is 18.3 Å². The van der Waals surface area contributed by atoms with Crippen LogP contribution in [-0.4, -0.2) is 93.1 Å². The third kappa shape index (κ3) is 4.77. The number of para-hydroxylation sites is 1. The van der Waals surface area contributed by atoms with Gasteiger partial charge in [-0.2, -0.15) is 13.2 Å². The van der Waals surface area contributed by atoms with Gasteiger partial charge in [-0.25, -0.2) is 10.3 Å². The molecular weight excluding hydrogens is 599 g/mol. The number of aliphatic hydroxyl groups is 2. The minimum atomic E-state index is -4.67. The Morgan fingerprint density at radius 1 is 1.22 bits per heavy atom. The standard InChI is InChI=1S/C28H32F3N9O5/c1-25(2)7-9-45-19-14(4-3-5-15(19)25)21(41)37-18-12-40-24(33)36-17(20-26(40,27(18,43)44)39-23(32)38-20)11-35-22(42)16-10-13(6-8-34-16)28(29,30)31/h3-6,8,10,17-18,20,43-44H,7,9,11-12H2,1-2H3,(H2,33,36)(H,35,42)(H,37,41)(H3,32,38,39)/p+1/t17-,18?,20-,26?/m0/s1. The number of rotatable bonds is 5. The molecule has 6 rings (SSSR count). The van der Waals surface area contributed by atoms with Crippen molar-refractivity contribution in [1.82, 2.24) is 25.8 Å². The van der Waals surface area contributed by atoms with Crippen LogP contribution in [0.25, 0.3) is 0 Å². The number of carbonyl (C=O) groups is 2. The van der Waals surface area contributed by atoms with Crippen LogP contribution in [0.15, 0.2) is 41.5 Å². The second kappa shape index (κ2) is 10.2. The number of amides is 2. The fourth-order valence-corrected chi connectivity index (χ4v) is 6.54. The van der Waals surface area contributed by atoms with Gasteiger partial charge in [0.05, 0.1) is 24.3 Å². The van der Waals surface area contributed by atoms with Gasteiger partial charge in [-0.3, -0.25) is 30.2 Å². The molecule has 5 heterocycles. The van der Waals surface area contributed by atoms with Gasteiger partial charge in [0.2, 0.25) is 5.79 Å². The van der Waals surface area contributed by atoms with Crippen LogP contribution in [0.5, 0.6) is 5.75 Å². The highest BCUT2D eigenvalue weighted by atomic mass is 19.4. The monoisotopic (exact) mass is 632 g/mol. The summed E-state index contributed by atoms with van der Waals surface area (Å²) in [7, 11) is 0. The van der Waals surface area contributed by atoms with Gasteiger partial charge in [0.1, 0.15) is 23.5 Å². The molecule has 1 saturated heterocycles. The van der Waals surface area contributed by atoms with E-state index in [2.05, 4.69) is 30.9 Å². The van der Waals surface area contributed by atoms with E-state index < -0.39 is 58.8 Å². The van der Waals surface area contributed by atoms with Gasteiger partial charge in [0.25, 0.3) is 17.5 Å². The number of benzene rings is 1. The van der Waals surface area contributed by atoms with Crippen molar-refractivity contribution in [3.8, 4) is 5.75 Å². The number of nitrogens with two attached hydrogens (primary N) is 2. The van der Waals surface area contributed by atoms with E-state index in [4.69, 9.17) is 16.2 Å². The van der Waals surface area contributed by atoms with E-state index in [1.54, 1.807) is 12.1 Å². The Hall–Kier alpha value is -4.64. The number of aromatic nitrogens is 1. The van der Waals surface area contributed by atoms with Gasteiger partial charge in [-0.1, -0.05) is 26.0 Å². The number of alkyl halides is 3. The molecule has 14 nitrogen and oxygen atoms in total. The number of hydrogen-bond donors (Lipinski definition) is 8. The SMILES string of the molecule is CC1(C)CCOc2c(C(=O)NC3CN4C(N)=N[C@@H](CNC(=O)c5cc(C(F)(F)F)ccn5)[C@@H]5[NH+]=C(N)NC54C3(O)O)cccc21. The van der Waals surface area contributed by atoms with Crippen LogP contribution in [0.3, 0.4) is 0 Å². The third-order valence-electron chi connectivity index (χ3n) is 8.94. The quantitative estimate of drug-likeness (QED) is 0.162. The smallest absolute Gasteiger partial charge is 0.416 e. The topological polar surface area (TPSA) is 214 Å². The van der Waals surface area contributed by atoms with Gasteiger partial charge in [-0.05, 0) is 30.0 Å². The Labute approximate surface area is 254 Å². The highest BCUT2D eigenvalue weighted by Crippen LogP contribution is 2.43. The fraction of sp³-hybridized carbons (Fsp3) is 0.464. The molecule has 2 aromatic rings. The number of aliphatic imine (C=N–C) groups is 1. The summed E-state index contributed by atoms with van der Waals surface area (Å²) in [6, 6.07) is 3.22. The molecule has 1 aromatic carbocycles. The Bertz CT molecular complexity index is 1630. The lowest BCUT2D eigenvalue weighted by Gasteiger charge is -2.46. The number of halogens is 3. The largest absolute Gasteiger partial charge is 0.492 e. The van der Waals surface area contributed by atoms with E-state index >= 15 is 0 Å². The molecule has 45 heavy (non-hydrogen) atoms. The second-order valence-corrected chi connectivity index (χ2v) is 12.1. The maximum Gasteiger partial charge on any atom is 0.416 e. The maximum atomic E-state index is 13.6. The molecule has 2 amide bonds. The van der Waals surface area contributed by atoms with E-state index in [1.807, 2.05) is 19.9 Å². The van der Waals surface area contributed by atoms with Crippen LogP contribution in [0, 0.1) is 0 Å². The lowest BCUT2D eigenvalue weighted by Crippen LogP contribution is -2.90. The molecule has 1 aromatic heterocycles. The summed E-state index contributed by atoms with van der Waals surface area (Å²) < 4.78 is 45.3. The van der Waals surface area contributed by atoms with Crippen molar-refractivity contribution in [3.63, 3.8) is 0 Å². The molecular formula is C28H33F3N9O5+. The molecule has 0 aliphatic carbocycles.